The summed E-state index contributed by atoms with van der Waals surface area (Å²) in [5.74, 6) is -3.72. The molecule has 1 heterocycles. The number of benzene rings is 1. The van der Waals surface area contributed by atoms with Crippen LogP contribution < -0.4 is 19.9 Å². The molecule has 2 unspecified atom stereocenters. The molecule has 0 radical (unpaired) electrons. The molecule has 1 fully saturated rings. The Hall–Kier alpha value is -4.10. The predicted octanol–water partition coefficient (Wildman–Crippen LogP) is 4.11. The molecule has 1 aromatic carbocycles. The highest BCUT2D eigenvalue weighted by molar-refractivity contribution is 6.01. The van der Waals surface area contributed by atoms with E-state index in [1.807, 2.05) is 13.8 Å². The summed E-state index contributed by atoms with van der Waals surface area (Å²) in [6.07, 6.45) is -4.56. The molecule has 0 spiro atoms. The molecule has 2 amide bonds. The molecule has 11 nitrogen and oxygen atoms in total. The molecule has 1 saturated carbocycles. The molecule has 14 heteroatoms. The number of aliphatic carboxylic acids is 1. The first-order chi connectivity index (χ1) is 18.7. The molecular formula is C26H33F3N6O5. The van der Waals surface area contributed by atoms with Crippen LogP contribution in [0.1, 0.15) is 45.6 Å². The Labute approximate surface area is 229 Å². The second-order valence-electron chi connectivity index (χ2n) is 9.83. The van der Waals surface area contributed by atoms with Gasteiger partial charge in [0.1, 0.15) is 17.0 Å². The fourth-order valence-corrected chi connectivity index (χ4v) is 4.32. The van der Waals surface area contributed by atoms with Gasteiger partial charge in [0.25, 0.3) is 0 Å². The Kier molecular flexibility index (Phi) is 8.80. The molecule has 218 valence electrons. The summed E-state index contributed by atoms with van der Waals surface area (Å²) >= 11 is 0. The third-order valence-corrected chi connectivity index (χ3v) is 6.58. The van der Waals surface area contributed by atoms with E-state index in [2.05, 4.69) is 15.3 Å². The van der Waals surface area contributed by atoms with Gasteiger partial charge in [-0.3, -0.25) is 9.69 Å². The van der Waals surface area contributed by atoms with Gasteiger partial charge in [-0.15, -0.1) is 0 Å². The third kappa shape index (κ3) is 6.20. The lowest BCUT2D eigenvalue weighted by atomic mass is 10.1. The summed E-state index contributed by atoms with van der Waals surface area (Å²) < 4.78 is 45.8. The van der Waals surface area contributed by atoms with Crippen molar-refractivity contribution < 1.29 is 37.4 Å². The number of ether oxygens (including phenoxy) is 1. The number of carbonyl (C=O) groups is 3. The number of hydrogen-bond donors (Lipinski definition) is 2. The molecule has 0 aliphatic heterocycles. The molecule has 40 heavy (non-hydrogen) atoms. The van der Waals surface area contributed by atoms with E-state index >= 15 is 0 Å². The highest BCUT2D eigenvalue weighted by atomic mass is 19.4. The van der Waals surface area contributed by atoms with Crippen molar-refractivity contribution in [3.05, 3.63) is 36.0 Å². The summed E-state index contributed by atoms with van der Waals surface area (Å²) in [4.78, 5) is 48.8. The lowest BCUT2D eigenvalue weighted by Crippen LogP contribution is -2.46. The zero-order valence-corrected chi connectivity index (χ0v) is 23.1. The molecule has 0 saturated heterocycles. The first kappa shape index (κ1) is 30.4. The Morgan fingerprint density at radius 2 is 1.75 bits per heavy atom. The van der Waals surface area contributed by atoms with Crippen LogP contribution >= 0.6 is 0 Å². The number of nitrogens with one attached hydrogen (secondary N) is 1. The van der Waals surface area contributed by atoms with E-state index in [1.165, 1.54) is 45.0 Å². The SMILES string of the molecule is CCN(CC)c1ncc(N(C(=O)C(F)(F)F)C(C)C)c(NC2(C(=O)O)CC2c2ccc(OC(=O)N(C)C)cc2)n1. The summed E-state index contributed by atoms with van der Waals surface area (Å²) in [5.41, 5.74) is -1.30. The Morgan fingerprint density at radius 3 is 2.23 bits per heavy atom. The van der Waals surface area contributed by atoms with E-state index in [-0.39, 0.29) is 29.6 Å². The van der Waals surface area contributed by atoms with Crippen molar-refractivity contribution in [3.8, 4) is 5.75 Å². The number of aromatic nitrogens is 2. The number of carboxylic acid groups (broad SMARTS) is 1. The minimum atomic E-state index is -5.18. The molecule has 1 aliphatic carbocycles. The minimum absolute atomic E-state index is 0.0953. The van der Waals surface area contributed by atoms with E-state index < -0.39 is 41.6 Å². The van der Waals surface area contributed by atoms with Gasteiger partial charge in [0.05, 0.1) is 6.20 Å². The summed E-state index contributed by atoms with van der Waals surface area (Å²) in [5, 5.41) is 13.1. The minimum Gasteiger partial charge on any atom is -0.479 e. The molecule has 3 rings (SSSR count). The number of amides is 2. The standard InChI is InChI=1S/C26H33F3N6O5/c1-7-34(8-2)23-30-14-19(35(15(3)4)21(36)26(27,28)29)20(31-23)32-25(22(37)38)13-18(25)16-9-11-17(12-10-16)40-24(39)33(5)6/h9-12,14-15,18H,7-8,13H2,1-6H3,(H,37,38)(H,30,31,32). The largest absolute Gasteiger partial charge is 0.479 e. The number of rotatable bonds is 10. The first-order valence-electron chi connectivity index (χ1n) is 12.7. The fraction of sp³-hybridized carbons (Fsp3) is 0.500. The van der Waals surface area contributed by atoms with Crippen molar-refractivity contribution in [2.75, 3.05) is 42.3 Å². The van der Waals surface area contributed by atoms with Gasteiger partial charge in [0.15, 0.2) is 5.82 Å². The van der Waals surface area contributed by atoms with Crippen molar-refractivity contribution in [3.63, 3.8) is 0 Å². The van der Waals surface area contributed by atoms with Crippen LogP contribution in [0.15, 0.2) is 30.5 Å². The van der Waals surface area contributed by atoms with Crippen LogP contribution in [0.2, 0.25) is 0 Å². The fourth-order valence-electron chi connectivity index (χ4n) is 4.32. The Balaban J connectivity index is 2.03. The number of hydrogen-bond acceptors (Lipinski definition) is 8. The maximum atomic E-state index is 13.5. The molecular weight excluding hydrogens is 533 g/mol. The smallest absolute Gasteiger partial charge is 0.471 e. The zero-order chi connectivity index (χ0) is 30.0. The molecule has 1 aliphatic rings. The Bertz CT molecular complexity index is 1250. The third-order valence-electron chi connectivity index (χ3n) is 6.58. The molecule has 2 atom stereocenters. The van der Waals surface area contributed by atoms with Crippen LogP contribution in [0, 0.1) is 0 Å². The highest BCUT2D eigenvalue weighted by Gasteiger charge is 2.62. The quantitative estimate of drug-likeness (QED) is 0.437. The maximum absolute atomic E-state index is 13.5. The first-order valence-corrected chi connectivity index (χ1v) is 12.7. The van der Waals surface area contributed by atoms with E-state index in [0.717, 1.165) is 6.20 Å². The van der Waals surface area contributed by atoms with Crippen LogP contribution in [0.5, 0.6) is 5.75 Å². The van der Waals surface area contributed by atoms with E-state index in [1.54, 1.807) is 17.0 Å². The van der Waals surface area contributed by atoms with Crippen LogP contribution in [0.25, 0.3) is 0 Å². The lowest BCUT2D eigenvalue weighted by Gasteiger charge is -2.30. The van der Waals surface area contributed by atoms with Crippen LogP contribution in [0.3, 0.4) is 0 Å². The number of carbonyl (C=O) groups excluding carboxylic acids is 2. The van der Waals surface area contributed by atoms with Crippen molar-refractivity contribution in [2.45, 2.75) is 57.8 Å². The summed E-state index contributed by atoms with van der Waals surface area (Å²) in [6.45, 7) is 7.48. The summed E-state index contributed by atoms with van der Waals surface area (Å²) in [6, 6.07) is 5.35. The van der Waals surface area contributed by atoms with Crippen LogP contribution in [0.4, 0.5) is 35.4 Å². The average Bonchev–Trinajstić information content (AvgIpc) is 3.61. The maximum Gasteiger partial charge on any atom is 0.471 e. The molecule has 2 aromatic rings. The van der Waals surface area contributed by atoms with Gasteiger partial charge in [0, 0.05) is 39.1 Å². The highest BCUT2D eigenvalue weighted by Crippen LogP contribution is 2.54. The van der Waals surface area contributed by atoms with E-state index in [9.17, 15) is 32.7 Å². The average molecular weight is 567 g/mol. The molecule has 2 N–H and O–H groups in total. The topological polar surface area (TPSA) is 128 Å². The normalized spacial score (nSPS) is 18.2. The summed E-state index contributed by atoms with van der Waals surface area (Å²) in [7, 11) is 3.06. The number of anilines is 3. The van der Waals surface area contributed by atoms with Gasteiger partial charge in [-0.05, 0) is 51.8 Å². The van der Waals surface area contributed by atoms with Crippen molar-refractivity contribution in [1.29, 1.82) is 0 Å². The van der Waals surface area contributed by atoms with Gasteiger partial charge in [-0.2, -0.15) is 18.2 Å². The number of nitrogens with zero attached hydrogens (tertiary/aromatic N) is 5. The predicted molar refractivity (Wildman–Crippen MR) is 142 cm³/mol. The second-order valence-corrected chi connectivity index (χ2v) is 9.83. The second kappa shape index (κ2) is 11.6. The number of halogens is 3. The monoisotopic (exact) mass is 566 g/mol. The van der Waals surface area contributed by atoms with Crippen molar-refractivity contribution >= 4 is 35.4 Å². The van der Waals surface area contributed by atoms with Gasteiger partial charge in [0.2, 0.25) is 5.95 Å². The van der Waals surface area contributed by atoms with Gasteiger partial charge < -0.3 is 25.0 Å². The van der Waals surface area contributed by atoms with Gasteiger partial charge >= 0.3 is 24.1 Å². The lowest BCUT2D eigenvalue weighted by molar-refractivity contribution is -0.170. The molecule has 0 bridgehead atoms. The van der Waals surface area contributed by atoms with Crippen molar-refractivity contribution in [1.82, 2.24) is 14.9 Å². The number of alkyl halides is 3. The van der Waals surface area contributed by atoms with E-state index in [4.69, 9.17) is 4.74 Å². The zero-order valence-electron chi connectivity index (χ0n) is 23.1. The van der Waals surface area contributed by atoms with Crippen LogP contribution in [-0.4, -0.2) is 82.9 Å². The number of carboxylic acids is 1. The van der Waals surface area contributed by atoms with Gasteiger partial charge in [-0.25, -0.2) is 14.6 Å². The van der Waals surface area contributed by atoms with Gasteiger partial charge in [-0.1, -0.05) is 12.1 Å². The van der Waals surface area contributed by atoms with Crippen molar-refractivity contribution in [2.24, 2.45) is 0 Å². The Morgan fingerprint density at radius 1 is 1.15 bits per heavy atom. The van der Waals surface area contributed by atoms with Crippen LogP contribution in [-0.2, 0) is 9.59 Å². The molecule has 1 aromatic heterocycles. The van der Waals surface area contributed by atoms with E-state index in [0.29, 0.717) is 23.6 Å².